The average Bonchev–Trinajstić information content (AvgIpc) is 2.99. The van der Waals surface area contributed by atoms with Crippen LogP contribution in [0.2, 0.25) is 0 Å². The summed E-state index contributed by atoms with van der Waals surface area (Å²) in [7, 11) is 0. The fraction of sp³-hybridized carbons (Fsp3) is 0.0714. The molecule has 0 spiro atoms. The summed E-state index contributed by atoms with van der Waals surface area (Å²) in [4.78, 5) is 83.5. The van der Waals surface area contributed by atoms with Gasteiger partial charge in [-0.05, 0) is 24.3 Å². The number of hydrogen-bond donors (Lipinski definition) is 6. The predicted molar refractivity (Wildman–Crippen MR) is 157 cm³/mol. The van der Waals surface area contributed by atoms with Crippen LogP contribution in [0.5, 0.6) is 0 Å². The van der Waals surface area contributed by atoms with Crippen LogP contribution in [-0.4, -0.2) is 29.8 Å². The van der Waals surface area contributed by atoms with Crippen molar-refractivity contribution < 1.29 is 9.85 Å². The Kier molecular flexibility index (Phi) is 5.67. The average molecular weight is 595 g/mol. The van der Waals surface area contributed by atoms with Gasteiger partial charge in [-0.1, -0.05) is 24.3 Å². The van der Waals surface area contributed by atoms with Gasteiger partial charge >= 0.3 is 11.4 Å². The SMILES string of the molecule is O=c1[nH]c2c(c(=O)[nH]1)C(c1ccccc1[N+](=O)[O-])Nc1cc3c(cc1-2)NC(c1ccccc1[N+](=O)[O-])c1c-3[nH]c(=O)[nH]c1=O. The zero-order valence-corrected chi connectivity index (χ0v) is 22.1. The highest BCUT2D eigenvalue weighted by atomic mass is 16.6. The highest BCUT2D eigenvalue weighted by molar-refractivity contribution is 5.94. The lowest BCUT2D eigenvalue weighted by atomic mass is 9.85. The fourth-order valence-corrected chi connectivity index (χ4v) is 5.94. The van der Waals surface area contributed by atoms with E-state index in [-0.39, 0.29) is 45.0 Å². The van der Waals surface area contributed by atoms with Gasteiger partial charge in [-0.15, -0.1) is 0 Å². The van der Waals surface area contributed by atoms with Gasteiger partial charge in [-0.3, -0.25) is 39.8 Å². The minimum Gasteiger partial charge on any atom is -0.373 e. The quantitative estimate of drug-likeness (QED) is 0.131. The summed E-state index contributed by atoms with van der Waals surface area (Å²) >= 11 is 0. The molecule has 0 fully saturated rings. The topological polar surface area (TPSA) is 242 Å². The van der Waals surface area contributed by atoms with Crippen molar-refractivity contribution in [3.8, 4) is 22.5 Å². The van der Waals surface area contributed by atoms with Gasteiger partial charge in [0, 0.05) is 34.6 Å². The minimum absolute atomic E-state index is 0.0164. The maximum atomic E-state index is 13.2. The largest absolute Gasteiger partial charge is 0.373 e. The van der Waals surface area contributed by atoms with E-state index in [0.29, 0.717) is 22.5 Å². The summed E-state index contributed by atoms with van der Waals surface area (Å²) in [6, 6.07) is 12.6. The molecule has 6 N–H and O–H groups in total. The number of H-pyrrole nitrogens is 4. The third-order valence-corrected chi connectivity index (χ3v) is 7.72. The van der Waals surface area contributed by atoms with E-state index in [0.717, 1.165) is 0 Å². The lowest BCUT2D eigenvalue weighted by molar-refractivity contribution is -0.385. The molecule has 0 bridgehead atoms. The molecule has 0 radical (unpaired) electrons. The normalized spacial score (nSPS) is 15.9. The molecular formula is C28H18N8O8. The number of aromatic amines is 4. The van der Waals surface area contributed by atoms with E-state index in [1.807, 2.05) is 0 Å². The molecule has 2 unspecified atom stereocenters. The molecule has 218 valence electrons. The molecule has 7 rings (SSSR count). The molecule has 0 saturated carbocycles. The molecule has 3 aromatic carbocycles. The van der Waals surface area contributed by atoms with Gasteiger partial charge in [0.05, 0.1) is 55.6 Å². The summed E-state index contributed by atoms with van der Waals surface area (Å²) in [5.41, 5.74) is -1.90. The van der Waals surface area contributed by atoms with E-state index < -0.39 is 44.4 Å². The van der Waals surface area contributed by atoms with Crippen LogP contribution in [-0.2, 0) is 0 Å². The number of anilines is 2. The summed E-state index contributed by atoms with van der Waals surface area (Å²) < 4.78 is 0. The van der Waals surface area contributed by atoms with Crippen LogP contribution in [0.3, 0.4) is 0 Å². The van der Waals surface area contributed by atoms with Crippen molar-refractivity contribution in [1.82, 2.24) is 19.9 Å². The second-order valence-corrected chi connectivity index (χ2v) is 10.1. The molecule has 44 heavy (non-hydrogen) atoms. The predicted octanol–water partition coefficient (Wildman–Crippen LogP) is 2.62. The number of nitrogens with one attached hydrogen (secondary N) is 6. The molecule has 16 nitrogen and oxygen atoms in total. The van der Waals surface area contributed by atoms with E-state index in [1.54, 1.807) is 24.3 Å². The maximum Gasteiger partial charge on any atom is 0.326 e. The lowest BCUT2D eigenvalue weighted by Gasteiger charge is -2.33. The molecule has 2 aromatic heterocycles. The maximum absolute atomic E-state index is 13.2. The summed E-state index contributed by atoms with van der Waals surface area (Å²) in [6.45, 7) is 0. The lowest BCUT2D eigenvalue weighted by Crippen LogP contribution is -2.35. The Morgan fingerprint density at radius 2 is 0.955 bits per heavy atom. The Hall–Kier alpha value is -6.58. The molecule has 2 aliphatic rings. The first-order chi connectivity index (χ1) is 21.1. The number of nitrogens with zero attached hydrogens (tertiary/aromatic N) is 2. The van der Waals surface area contributed by atoms with Gasteiger partial charge in [0.2, 0.25) is 0 Å². The van der Waals surface area contributed by atoms with Crippen molar-refractivity contribution in [1.29, 1.82) is 0 Å². The molecule has 5 aromatic rings. The molecule has 2 atom stereocenters. The second-order valence-electron chi connectivity index (χ2n) is 10.1. The Labute approximate surface area is 242 Å². The number of para-hydroxylation sites is 2. The summed E-state index contributed by atoms with van der Waals surface area (Å²) in [5.74, 6) is 0. The van der Waals surface area contributed by atoms with Crippen molar-refractivity contribution in [2.75, 3.05) is 10.6 Å². The minimum atomic E-state index is -1.08. The van der Waals surface area contributed by atoms with Gasteiger partial charge in [0.1, 0.15) is 0 Å². The van der Waals surface area contributed by atoms with E-state index in [9.17, 15) is 39.4 Å². The summed E-state index contributed by atoms with van der Waals surface area (Å²) in [5, 5.41) is 30.1. The number of fused-ring (bicyclic) bond motifs is 6. The summed E-state index contributed by atoms with van der Waals surface area (Å²) in [6.07, 6.45) is 0. The van der Waals surface area contributed by atoms with Gasteiger partial charge in [0.15, 0.2) is 0 Å². The van der Waals surface area contributed by atoms with Crippen LogP contribution < -0.4 is 33.1 Å². The van der Waals surface area contributed by atoms with Crippen LogP contribution in [0.15, 0.2) is 79.8 Å². The number of nitro groups is 2. The van der Waals surface area contributed by atoms with Crippen molar-refractivity contribution in [2.45, 2.75) is 12.1 Å². The third-order valence-electron chi connectivity index (χ3n) is 7.72. The van der Waals surface area contributed by atoms with E-state index in [4.69, 9.17) is 0 Å². The molecule has 16 heteroatoms. The Bertz CT molecular complexity index is 2160. The monoisotopic (exact) mass is 594 g/mol. The van der Waals surface area contributed by atoms with Crippen LogP contribution in [0.25, 0.3) is 22.5 Å². The van der Waals surface area contributed by atoms with Crippen molar-refractivity contribution in [3.05, 3.63) is 145 Å². The van der Waals surface area contributed by atoms with Crippen LogP contribution in [0.4, 0.5) is 22.7 Å². The molecule has 0 aliphatic carbocycles. The van der Waals surface area contributed by atoms with Crippen molar-refractivity contribution >= 4 is 22.7 Å². The number of rotatable bonds is 4. The zero-order valence-electron chi connectivity index (χ0n) is 22.1. The molecule has 4 heterocycles. The molecular weight excluding hydrogens is 576 g/mol. The van der Waals surface area contributed by atoms with Gasteiger partial charge in [0.25, 0.3) is 22.5 Å². The number of hydrogen-bond acceptors (Lipinski definition) is 10. The molecule has 0 saturated heterocycles. The highest BCUT2D eigenvalue weighted by Gasteiger charge is 2.37. The highest BCUT2D eigenvalue weighted by Crippen LogP contribution is 2.49. The van der Waals surface area contributed by atoms with Crippen LogP contribution in [0, 0.1) is 20.2 Å². The van der Waals surface area contributed by atoms with Crippen molar-refractivity contribution in [2.24, 2.45) is 0 Å². The Balaban J connectivity index is 1.50. The number of nitro benzene ring substituents is 2. The van der Waals surface area contributed by atoms with Gasteiger partial charge in [-0.2, -0.15) is 0 Å². The third kappa shape index (κ3) is 3.92. The zero-order chi connectivity index (χ0) is 30.9. The standard InChI is InChI=1S/C28H18N8O8/c37-25-19-21(11-5-1-3-7-17(11)35(41)42)29-15-9-14-16(10-13(15)23(19)31-27(39)33-25)30-22(12-6-2-4-8-18(12)36(43)44)20-24(14)32-28(40)34-26(20)38/h1-10,21-22,29-30H,(H2,31,33,37,39)(H2,32,34,38,40). The fourth-order valence-electron chi connectivity index (χ4n) is 5.94. The first kappa shape index (κ1) is 26.3. The van der Waals surface area contributed by atoms with Gasteiger partial charge < -0.3 is 20.6 Å². The number of benzene rings is 3. The second kappa shape index (κ2) is 9.48. The van der Waals surface area contributed by atoms with Gasteiger partial charge in [-0.25, -0.2) is 9.59 Å². The van der Waals surface area contributed by atoms with Crippen LogP contribution >= 0.6 is 0 Å². The smallest absolute Gasteiger partial charge is 0.326 e. The molecule has 2 aliphatic heterocycles. The molecule has 0 amide bonds. The van der Waals surface area contributed by atoms with E-state index >= 15 is 0 Å². The number of aromatic nitrogens is 4. The first-order valence-electron chi connectivity index (χ1n) is 13.0. The Morgan fingerprint density at radius 1 is 0.568 bits per heavy atom. The van der Waals surface area contributed by atoms with Crippen molar-refractivity contribution in [3.63, 3.8) is 0 Å². The van der Waals surface area contributed by atoms with E-state index in [1.165, 1.54) is 36.4 Å². The Morgan fingerprint density at radius 3 is 1.34 bits per heavy atom. The van der Waals surface area contributed by atoms with E-state index in [2.05, 4.69) is 30.6 Å². The first-order valence-corrected chi connectivity index (χ1v) is 13.0. The van der Waals surface area contributed by atoms with Crippen LogP contribution in [0.1, 0.15) is 34.3 Å².